The van der Waals surface area contributed by atoms with Crippen molar-refractivity contribution in [2.75, 3.05) is 6.54 Å². The van der Waals surface area contributed by atoms with Crippen molar-refractivity contribution in [1.29, 1.82) is 0 Å². The van der Waals surface area contributed by atoms with Crippen LogP contribution in [-0.2, 0) is 4.79 Å². The van der Waals surface area contributed by atoms with Gasteiger partial charge in [0.1, 0.15) is 0 Å². The standard InChI is InChI=1S/C14H26N2O/c1-10-6-5-7-11(2)13(10)16-12-8-3-4-9-15-14(12)17/h10-13,16H,3-9H2,1-2H3,(H,15,17). The Hall–Kier alpha value is -0.570. The number of hydrogen-bond acceptors (Lipinski definition) is 2. The van der Waals surface area contributed by atoms with Crippen molar-refractivity contribution < 1.29 is 4.79 Å². The van der Waals surface area contributed by atoms with E-state index in [-0.39, 0.29) is 11.9 Å². The van der Waals surface area contributed by atoms with E-state index in [1.165, 1.54) is 19.3 Å². The Kier molecular flexibility index (Phi) is 4.43. The summed E-state index contributed by atoms with van der Waals surface area (Å²) in [6, 6.07) is 0.572. The van der Waals surface area contributed by atoms with Gasteiger partial charge in [0.25, 0.3) is 0 Å². The normalized spacial score (nSPS) is 39.5. The van der Waals surface area contributed by atoms with E-state index < -0.39 is 0 Å². The van der Waals surface area contributed by atoms with E-state index in [0.29, 0.717) is 17.9 Å². The predicted octanol–water partition coefficient (Wildman–Crippen LogP) is 2.07. The van der Waals surface area contributed by atoms with Crippen LogP contribution < -0.4 is 10.6 Å². The molecule has 0 bridgehead atoms. The Morgan fingerprint density at radius 3 is 2.47 bits per heavy atom. The molecule has 2 rings (SSSR count). The van der Waals surface area contributed by atoms with Crippen molar-refractivity contribution in [2.45, 2.75) is 64.5 Å². The molecule has 3 heteroatoms. The molecule has 1 aliphatic heterocycles. The Morgan fingerprint density at radius 2 is 1.76 bits per heavy atom. The van der Waals surface area contributed by atoms with E-state index in [4.69, 9.17) is 0 Å². The van der Waals surface area contributed by atoms with Gasteiger partial charge in [0.2, 0.25) is 5.91 Å². The molecule has 3 nitrogen and oxygen atoms in total. The highest BCUT2D eigenvalue weighted by Crippen LogP contribution is 2.29. The van der Waals surface area contributed by atoms with Gasteiger partial charge >= 0.3 is 0 Å². The molecule has 2 aliphatic rings. The first-order valence-electron chi connectivity index (χ1n) is 7.22. The predicted molar refractivity (Wildman–Crippen MR) is 69.8 cm³/mol. The highest BCUT2D eigenvalue weighted by atomic mass is 16.2. The summed E-state index contributed by atoms with van der Waals surface area (Å²) in [6.07, 6.45) is 7.23. The highest BCUT2D eigenvalue weighted by molar-refractivity contribution is 5.81. The molecule has 3 unspecified atom stereocenters. The van der Waals surface area contributed by atoms with Crippen LogP contribution in [0.15, 0.2) is 0 Å². The minimum Gasteiger partial charge on any atom is -0.355 e. The van der Waals surface area contributed by atoms with Crippen molar-refractivity contribution in [3.63, 3.8) is 0 Å². The summed E-state index contributed by atoms with van der Waals surface area (Å²) in [4.78, 5) is 11.9. The summed E-state index contributed by atoms with van der Waals surface area (Å²) in [5, 5.41) is 6.65. The molecular weight excluding hydrogens is 212 g/mol. The van der Waals surface area contributed by atoms with E-state index >= 15 is 0 Å². The molecule has 1 aliphatic carbocycles. The van der Waals surface area contributed by atoms with Crippen LogP contribution in [0, 0.1) is 11.8 Å². The molecule has 0 aromatic carbocycles. The second-order valence-electron chi connectivity index (χ2n) is 5.92. The third-order valence-electron chi connectivity index (χ3n) is 4.47. The van der Waals surface area contributed by atoms with Crippen LogP contribution in [0.5, 0.6) is 0 Å². The van der Waals surface area contributed by atoms with Gasteiger partial charge in [-0.15, -0.1) is 0 Å². The van der Waals surface area contributed by atoms with Gasteiger partial charge in [-0.2, -0.15) is 0 Å². The Balaban J connectivity index is 1.95. The van der Waals surface area contributed by atoms with Crippen molar-refractivity contribution in [3.8, 4) is 0 Å². The van der Waals surface area contributed by atoms with Crippen molar-refractivity contribution in [1.82, 2.24) is 10.6 Å². The molecule has 98 valence electrons. The van der Waals surface area contributed by atoms with Crippen LogP contribution in [-0.4, -0.2) is 24.5 Å². The molecule has 0 aromatic heterocycles. The maximum atomic E-state index is 11.9. The minimum absolute atomic E-state index is 0.0468. The number of carbonyl (C=O) groups is 1. The zero-order valence-corrected chi connectivity index (χ0v) is 11.2. The van der Waals surface area contributed by atoms with Crippen LogP contribution in [0.3, 0.4) is 0 Å². The van der Waals surface area contributed by atoms with Crippen molar-refractivity contribution >= 4 is 5.91 Å². The van der Waals surface area contributed by atoms with Gasteiger partial charge in [-0.05, 0) is 43.9 Å². The van der Waals surface area contributed by atoms with E-state index in [2.05, 4.69) is 24.5 Å². The molecule has 0 spiro atoms. The van der Waals surface area contributed by atoms with E-state index in [1.807, 2.05) is 0 Å². The van der Waals surface area contributed by atoms with Crippen molar-refractivity contribution in [2.24, 2.45) is 11.8 Å². The molecular formula is C14H26N2O. The maximum Gasteiger partial charge on any atom is 0.237 e. The lowest BCUT2D eigenvalue weighted by Crippen LogP contribution is -2.52. The average Bonchev–Trinajstić information content (AvgIpc) is 2.49. The Labute approximate surface area is 105 Å². The van der Waals surface area contributed by atoms with E-state index in [9.17, 15) is 4.79 Å². The lowest BCUT2D eigenvalue weighted by atomic mass is 9.78. The first-order chi connectivity index (χ1) is 8.18. The van der Waals surface area contributed by atoms with Gasteiger partial charge in [-0.1, -0.05) is 20.3 Å². The number of carbonyl (C=O) groups excluding carboxylic acids is 1. The largest absolute Gasteiger partial charge is 0.355 e. The fourth-order valence-electron chi connectivity index (χ4n) is 3.34. The SMILES string of the molecule is CC1CCCC(C)C1NC1CCCCNC1=O. The maximum absolute atomic E-state index is 11.9. The number of hydrogen-bond donors (Lipinski definition) is 2. The number of rotatable bonds is 2. The third kappa shape index (κ3) is 3.21. The first kappa shape index (κ1) is 12.9. The zero-order chi connectivity index (χ0) is 12.3. The smallest absolute Gasteiger partial charge is 0.237 e. The van der Waals surface area contributed by atoms with Gasteiger partial charge in [0, 0.05) is 12.6 Å². The van der Waals surface area contributed by atoms with E-state index in [1.54, 1.807) is 0 Å². The summed E-state index contributed by atoms with van der Waals surface area (Å²) >= 11 is 0. The van der Waals surface area contributed by atoms with Crippen LogP contribution in [0.4, 0.5) is 0 Å². The van der Waals surface area contributed by atoms with Gasteiger partial charge in [0.15, 0.2) is 0 Å². The molecule has 0 radical (unpaired) electrons. The van der Waals surface area contributed by atoms with Crippen LogP contribution in [0.25, 0.3) is 0 Å². The van der Waals surface area contributed by atoms with Gasteiger partial charge in [0.05, 0.1) is 6.04 Å². The lowest BCUT2D eigenvalue weighted by molar-refractivity contribution is -0.123. The summed E-state index contributed by atoms with van der Waals surface area (Å²) in [5.41, 5.74) is 0. The molecule has 1 amide bonds. The van der Waals surface area contributed by atoms with Gasteiger partial charge in [-0.3, -0.25) is 4.79 Å². The Bertz CT molecular complexity index is 257. The Morgan fingerprint density at radius 1 is 1.06 bits per heavy atom. The lowest BCUT2D eigenvalue weighted by Gasteiger charge is -2.37. The zero-order valence-electron chi connectivity index (χ0n) is 11.2. The molecule has 3 atom stereocenters. The number of nitrogens with one attached hydrogen (secondary N) is 2. The third-order valence-corrected chi connectivity index (χ3v) is 4.47. The second-order valence-corrected chi connectivity index (χ2v) is 5.92. The van der Waals surface area contributed by atoms with E-state index in [0.717, 1.165) is 25.8 Å². The van der Waals surface area contributed by atoms with Crippen LogP contribution >= 0.6 is 0 Å². The average molecular weight is 238 g/mol. The second kappa shape index (κ2) is 5.85. The van der Waals surface area contributed by atoms with Crippen LogP contribution in [0.1, 0.15) is 52.4 Å². The molecule has 1 saturated heterocycles. The molecule has 1 saturated carbocycles. The topological polar surface area (TPSA) is 41.1 Å². The quantitative estimate of drug-likeness (QED) is 0.773. The first-order valence-corrected chi connectivity index (χ1v) is 7.22. The molecule has 17 heavy (non-hydrogen) atoms. The highest BCUT2D eigenvalue weighted by Gasteiger charge is 2.31. The molecule has 0 aromatic rings. The molecule has 2 N–H and O–H groups in total. The summed E-state index contributed by atoms with van der Waals surface area (Å²) < 4.78 is 0. The van der Waals surface area contributed by atoms with Gasteiger partial charge < -0.3 is 10.6 Å². The molecule has 2 fully saturated rings. The molecule has 1 heterocycles. The monoisotopic (exact) mass is 238 g/mol. The fraction of sp³-hybridized carbons (Fsp3) is 0.929. The summed E-state index contributed by atoms with van der Waals surface area (Å²) in [7, 11) is 0. The summed E-state index contributed by atoms with van der Waals surface area (Å²) in [6.45, 7) is 5.50. The number of amides is 1. The van der Waals surface area contributed by atoms with Crippen molar-refractivity contribution in [3.05, 3.63) is 0 Å². The fourth-order valence-corrected chi connectivity index (χ4v) is 3.34. The van der Waals surface area contributed by atoms with Crippen LogP contribution in [0.2, 0.25) is 0 Å². The summed E-state index contributed by atoms with van der Waals surface area (Å²) in [5.74, 6) is 1.62. The van der Waals surface area contributed by atoms with Gasteiger partial charge in [-0.25, -0.2) is 0 Å². The minimum atomic E-state index is 0.0468.